The van der Waals surface area contributed by atoms with Crippen LogP contribution >= 0.6 is 0 Å². The van der Waals surface area contributed by atoms with Gasteiger partial charge in [-0.3, -0.25) is 14.5 Å². The Balaban J connectivity index is 1.50. The molecule has 2 amide bonds. The van der Waals surface area contributed by atoms with Gasteiger partial charge in [0.05, 0.1) is 24.5 Å². The molecule has 0 saturated heterocycles. The normalized spacial score (nSPS) is 25.3. The van der Waals surface area contributed by atoms with Crippen LogP contribution in [-0.4, -0.2) is 28.2 Å². The topological polar surface area (TPSA) is 87.8 Å². The zero-order chi connectivity index (χ0) is 23.0. The van der Waals surface area contributed by atoms with Crippen LogP contribution in [0.3, 0.4) is 0 Å². The zero-order valence-corrected chi connectivity index (χ0v) is 19.3. The first-order chi connectivity index (χ1) is 16.0. The van der Waals surface area contributed by atoms with Crippen molar-refractivity contribution in [3.8, 4) is 0 Å². The van der Waals surface area contributed by atoms with Crippen LogP contribution in [0.4, 0.5) is 0 Å². The fourth-order valence-electron chi connectivity index (χ4n) is 5.52. The molecule has 6 bridgehead atoms. The third-order valence-corrected chi connectivity index (χ3v) is 7.55. The first kappa shape index (κ1) is 21.7. The molecule has 3 N–H and O–H groups in total. The number of benzene rings is 2. The Bertz CT molecular complexity index is 1120. The molecule has 3 aliphatic heterocycles. The molecule has 2 atom stereocenters. The minimum atomic E-state index is -0.409. The standard InChI is InChI=1S/C27H32N4O2/c1-2-27-13-4-3-6-18-9-10-20-11-12-23(22(20)15-18)29-25(33)21-8-5-7-19(14-21)17-31(24(32)16-27)26(28)30-27/h5,7-10,14-15,23H,2-4,6,11-13,16-17H2,1H3,(H2,28,30)(H,29,33). The van der Waals surface area contributed by atoms with Gasteiger partial charge < -0.3 is 11.1 Å². The molecule has 6 rings (SSSR count). The van der Waals surface area contributed by atoms with Gasteiger partial charge in [-0.05, 0) is 72.9 Å². The van der Waals surface area contributed by atoms with Crippen LogP contribution < -0.4 is 11.1 Å². The number of nitrogens with two attached hydrogens (primary N) is 1. The Morgan fingerprint density at radius 1 is 1.12 bits per heavy atom. The van der Waals surface area contributed by atoms with E-state index in [1.54, 1.807) is 4.90 Å². The largest absolute Gasteiger partial charge is 0.369 e. The maximum absolute atomic E-state index is 13.1. The van der Waals surface area contributed by atoms with Crippen molar-refractivity contribution in [1.29, 1.82) is 0 Å². The number of amides is 2. The molecular weight excluding hydrogens is 412 g/mol. The molecule has 2 aromatic carbocycles. The maximum Gasteiger partial charge on any atom is 0.251 e. The lowest BCUT2D eigenvalue weighted by atomic mass is 9.84. The van der Waals surface area contributed by atoms with Crippen molar-refractivity contribution >= 4 is 17.8 Å². The quantitative estimate of drug-likeness (QED) is 0.696. The first-order valence-electron chi connectivity index (χ1n) is 12.1. The summed E-state index contributed by atoms with van der Waals surface area (Å²) >= 11 is 0. The minimum absolute atomic E-state index is 0.00603. The second-order valence-electron chi connectivity index (χ2n) is 9.71. The van der Waals surface area contributed by atoms with Gasteiger partial charge in [0.25, 0.3) is 5.91 Å². The van der Waals surface area contributed by atoms with Crippen molar-refractivity contribution < 1.29 is 9.59 Å². The predicted octanol–water partition coefficient (Wildman–Crippen LogP) is 4.03. The smallest absolute Gasteiger partial charge is 0.251 e. The SMILES string of the molecule is CCC12CCCCc3ccc4c(c3)C(CC4)NC(=O)c3cccc(c3)CN(C(=O)C1)C(N)=N2. The molecule has 0 spiro atoms. The van der Waals surface area contributed by atoms with Gasteiger partial charge in [-0.15, -0.1) is 0 Å². The van der Waals surface area contributed by atoms with Gasteiger partial charge in [-0.25, -0.2) is 4.99 Å². The number of nitrogens with one attached hydrogen (secondary N) is 1. The van der Waals surface area contributed by atoms with Crippen molar-refractivity contribution in [2.75, 3.05) is 0 Å². The summed E-state index contributed by atoms with van der Waals surface area (Å²) in [6, 6.07) is 14.2. The maximum atomic E-state index is 13.1. The lowest BCUT2D eigenvalue weighted by Crippen LogP contribution is -2.51. The van der Waals surface area contributed by atoms with E-state index in [1.165, 1.54) is 16.7 Å². The Morgan fingerprint density at radius 3 is 2.82 bits per heavy atom. The number of guanidine groups is 1. The van der Waals surface area contributed by atoms with Gasteiger partial charge in [0.2, 0.25) is 5.91 Å². The van der Waals surface area contributed by atoms with Crippen LogP contribution in [0.2, 0.25) is 0 Å². The summed E-state index contributed by atoms with van der Waals surface area (Å²) in [7, 11) is 0. The van der Waals surface area contributed by atoms with E-state index in [-0.39, 0.29) is 23.8 Å². The summed E-state index contributed by atoms with van der Waals surface area (Å²) in [5.41, 5.74) is 11.3. The molecule has 6 nitrogen and oxygen atoms in total. The highest BCUT2D eigenvalue weighted by Gasteiger charge is 2.38. The number of aliphatic imine (C=N–C) groups is 1. The third-order valence-electron chi connectivity index (χ3n) is 7.55. The van der Waals surface area contributed by atoms with Crippen molar-refractivity contribution in [2.24, 2.45) is 10.7 Å². The van der Waals surface area contributed by atoms with Crippen LogP contribution in [0.1, 0.15) is 84.1 Å². The predicted molar refractivity (Wildman–Crippen MR) is 129 cm³/mol. The van der Waals surface area contributed by atoms with Crippen LogP contribution in [0.5, 0.6) is 0 Å². The fraction of sp³-hybridized carbons (Fsp3) is 0.444. The molecule has 4 aliphatic rings. The number of hydrogen-bond donors (Lipinski definition) is 2. The number of hydrogen-bond acceptors (Lipinski definition) is 4. The van der Waals surface area contributed by atoms with Crippen molar-refractivity contribution in [1.82, 2.24) is 10.2 Å². The highest BCUT2D eigenvalue weighted by Crippen LogP contribution is 2.34. The Labute approximate surface area is 195 Å². The van der Waals surface area contributed by atoms with Crippen LogP contribution in [0.15, 0.2) is 47.5 Å². The van der Waals surface area contributed by atoms with Gasteiger partial charge in [0.1, 0.15) is 0 Å². The van der Waals surface area contributed by atoms with E-state index < -0.39 is 5.54 Å². The highest BCUT2D eigenvalue weighted by atomic mass is 16.2. The van der Waals surface area contributed by atoms with Gasteiger partial charge in [0, 0.05) is 5.56 Å². The van der Waals surface area contributed by atoms with E-state index in [0.717, 1.165) is 50.5 Å². The third kappa shape index (κ3) is 4.26. The highest BCUT2D eigenvalue weighted by molar-refractivity contribution is 5.99. The molecule has 1 aliphatic carbocycles. The number of nitrogens with zero attached hydrogens (tertiary/aromatic N) is 2. The van der Waals surface area contributed by atoms with Crippen molar-refractivity contribution in [3.05, 3.63) is 70.3 Å². The second-order valence-corrected chi connectivity index (χ2v) is 9.71. The van der Waals surface area contributed by atoms with E-state index in [2.05, 4.69) is 30.4 Å². The molecule has 172 valence electrons. The van der Waals surface area contributed by atoms with Gasteiger partial charge in [-0.2, -0.15) is 0 Å². The lowest BCUT2D eigenvalue weighted by molar-refractivity contribution is -0.130. The molecule has 3 heterocycles. The van der Waals surface area contributed by atoms with E-state index in [4.69, 9.17) is 10.7 Å². The number of carbonyl (C=O) groups is 2. The van der Waals surface area contributed by atoms with E-state index in [9.17, 15) is 9.59 Å². The zero-order valence-electron chi connectivity index (χ0n) is 19.3. The van der Waals surface area contributed by atoms with Crippen LogP contribution in [0, 0.1) is 0 Å². The Hall–Kier alpha value is -3.15. The molecule has 0 radical (unpaired) electrons. The molecule has 33 heavy (non-hydrogen) atoms. The average molecular weight is 445 g/mol. The second kappa shape index (κ2) is 8.65. The van der Waals surface area contributed by atoms with Gasteiger partial charge in [0.15, 0.2) is 5.96 Å². The van der Waals surface area contributed by atoms with Crippen LogP contribution in [-0.2, 0) is 24.2 Å². The minimum Gasteiger partial charge on any atom is -0.369 e. The van der Waals surface area contributed by atoms with E-state index in [0.29, 0.717) is 18.5 Å². The Morgan fingerprint density at radius 2 is 2.00 bits per heavy atom. The molecule has 2 unspecified atom stereocenters. The number of rotatable bonds is 1. The summed E-state index contributed by atoms with van der Waals surface area (Å²) in [5.74, 6) is 0.208. The number of aryl methyl sites for hydroxylation is 2. The summed E-state index contributed by atoms with van der Waals surface area (Å²) in [4.78, 5) is 32.6. The molecular formula is C27H32N4O2. The van der Waals surface area contributed by atoms with Crippen molar-refractivity contribution in [3.63, 3.8) is 0 Å². The number of carbonyl (C=O) groups excluding carboxylic acids is 2. The van der Waals surface area contributed by atoms with Crippen LogP contribution in [0.25, 0.3) is 0 Å². The summed E-state index contributed by atoms with van der Waals surface area (Å²) in [5, 5.41) is 3.24. The summed E-state index contributed by atoms with van der Waals surface area (Å²) < 4.78 is 0. The number of fused-ring (bicyclic) bond motifs is 5. The van der Waals surface area contributed by atoms with E-state index in [1.807, 2.05) is 24.3 Å². The summed E-state index contributed by atoms with van der Waals surface area (Å²) in [6.07, 6.45) is 6.98. The molecule has 0 fully saturated rings. The lowest BCUT2D eigenvalue weighted by Gasteiger charge is -2.37. The Kier molecular flexibility index (Phi) is 5.69. The fourth-order valence-corrected chi connectivity index (χ4v) is 5.52. The van der Waals surface area contributed by atoms with Gasteiger partial charge >= 0.3 is 0 Å². The molecule has 0 aromatic heterocycles. The summed E-state index contributed by atoms with van der Waals surface area (Å²) in [6.45, 7) is 2.42. The first-order valence-corrected chi connectivity index (χ1v) is 12.1. The molecule has 0 saturated carbocycles. The average Bonchev–Trinajstić information content (AvgIpc) is 3.21. The monoisotopic (exact) mass is 444 g/mol. The molecule has 6 heteroatoms. The van der Waals surface area contributed by atoms with Crippen molar-refractivity contribution in [2.45, 2.75) is 76.4 Å². The van der Waals surface area contributed by atoms with Gasteiger partial charge in [-0.1, -0.05) is 43.7 Å². The molecule has 2 aromatic rings. The van der Waals surface area contributed by atoms with E-state index >= 15 is 0 Å².